The van der Waals surface area contributed by atoms with E-state index in [1.807, 2.05) is 43.3 Å². The fourth-order valence-corrected chi connectivity index (χ4v) is 2.19. The quantitative estimate of drug-likeness (QED) is 0.616. The van der Waals surface area contributed by atoms with Crippen molar-refractivity contribution < 1.29 is 9.15 Å². The highest BCUT2D eigenvalue weighted by Gasteiger charge is 2.17. The number of aromatic nitrogens is 1. The van der Waals surface area contributed by atoms with Gasteiger partial charge in [0, 0.05) is 10.6 Å². The molecule has 0 radical (unpaired) electrons. The lowest BCUT2D eigenvalue weighted by Gasteiger charge is -2.06. The lowest BCUT2D eigenvalue weighted by Crippen LogP contribution is -1.88. The Labute approximate surface area is 132 Å². The number of nitrogens with zero attached hydrogens (tertiary/aromatic N) is 1. The molecule has 0 aliphatic rings. The van der Waals surface area contributed by atoms with E-state index in [-0.39, 0.29) is 11.3 Å². The van der Waals surface area contributed by atoms with Gasteiger partial charge in [0.2, 0.25) is 0 Å². The van der Waals surface area contributed by atoms with Crippen molar-refractivity contribution in [1.29, 1.82) is 0 Å². The molecule has 0 aliphatic heterocycles. The number of ether oxygens (including phenoxy) is 1. The molecule has 3 aromatic rings. The second kappa shape index (κ2) is 5.80. The minimum Gasteiger partial charge on any atom is -0.424 e. The van der Waals surface area contributed by atoms with Gasteiger partial charge in [-0.25, -0.2) is 0 Å². The van der Waals surface area contributed by atoms with Gasteiger partial charge >= 0.3 is 5.95 Å². The molecule has 0 amide bonds. The largest absolute Gasteiger partial charge is 0.424 e. The highest BCUT2D eigenvalue weighted by molar-refractivity contribution is 6.30. The molecule has 1 aromatic heterocycles. The van der Waals surface area contributed by atoms with Crippen LogP contribution in [0.2, 0.25) is 10.4 Å². The Kier molecular flexibility index (Phi) is 3.86. The lowest BCUT2D eigenvalue weighted by atomic mass is 10.2. The van der Waals surface area contributed by atoms with Gasteiger partial charge < -0.3 is 9.15 Å². The molecule has 3 nitrogen and oxygen atoms in total. The van der Waals surface area contributed by atoms with Gasteiger partial charge in [-0.15, -0.1) is 0 Å². The first-order valence-corrected chi connectivity index (χ1v) is 7.05. The Morgan fingerprint density at radius 2 is 1.71 bits per heavy atom. The van der Waals surface area contributed by atoms with E-state index >= 15 is 0 Å². The van der Waals surface area contributed by atoms with Crippen molar-refractivity contribution >= 4 is 23.2 Å². The van der Waals surface area contributed by atoms with Gasteiger partial charge in [0.1, 0.15) is 5.75 Å². The van der Waals surface area contributed by atoms with Gasteiger partial charge in [0.05, 0.1) is 0 Å². The molecule has 106 valence electrons. The maximum Gasteiger partial charge on any atom is 0.320 e. The number of benzene rings is 2. The highest BCUT2D eigenvalue weighted by Crippen LogP contribution is 2.36. The van der Waals surface area contributed by atoms with Crippen LogP contribution in [0.4, 0.5) is 0 Å². The number of para-hydroxylation sites is 1. The van der Waals surface area contributed by atoms with E-state index in [9.17, 15) is 0 Å². The third-order valence-corrected chi connectivity index (χ3v) is 3.40. The summed E-state index contributed by atoms with van der Waals surface area (Å²) in [6, 6.07) is 14.9. The Hall–Kier alpha value is -1.97. The summed E-state index contributed by atoms with van der Waals surface area (Å²) in [5.74, 6) is 0.956. The second-order valence-corrected chi connectivity index (χ2v) is 5.24. The van der Waals surface area contributed by atoms with E-state index in [0.717, 1.165) is 11.1 Å². The maximum atomic E-state index is 5.89. The third kappa shape index (κ3) is 3.04. The van der Waals surface area contributed by atoms with E-state index in [1.165, 1.54) is 0 Å². The van der Waals surface area contributed by atoms with Crippen LogP contribution in [-0.2, 0) is 0 Å². The summed E-state index contributed by atoms with van der Waals surface area (Å²) in [5.41, 5.74) is 2.35. The van der Waals surface area contributed by atoms with Gasteiger partial charge in [0.25, 0.3) is 5.35 Å². The van der Waals surface area contributed by atoms with Crippen molar-refractivity contribution in [2.45, 2.75) is 6.92 Å². The van der Waals surface area contributed by atoms with Crippen LogP contribution in [0.1, 0.15) is 5.56 Å². The lowest BCUT2D eigenvalue weighted by molar-refractivity contribution is 0.347. The van der Waals surface area contributed by atoms with Crippen LogP contribution in [0.25, 0.3) is 11.3 Å². The molecule has 21 heavy (non-hydrogen) atoms. The molecule has 1 heterocycles. The predicted octanol–water partition coefficient (Wildman–Crippen LogP) is 5.75. The number of oxazole rings is 1. The molecule has 0 fully saturated rings. The summed E-state index contributed by atoms with van der Waals surface area (Å²) in [5, 5.41) is 0.679. The summed E-state index contributed by atoms with van der Waals surface area (Å²) in [6.07, 6.45) is 0. The molecule has 5 heteroatoms. The Bertz CT molecular complexity index is 766. The van der Waals surface area contributed by atoms with Crippen LogP contribution in [0.3, 0.4) is 0 Å². The minimum absolute atomic E-state index is 0.0311. The van der Waals surface area contributed by atoms with Crippen LogP contribution < -0.4 is 4.74 Å². The topological polar surface area (TPSA) is 35.3 Å². The summed E-state index contributed by atoms with van der Waals surface area (Å²) in [4.78, 5) is 4.17. The Morgan fingerprint density at radius 1 is 1.00 bits per heavy atom. The summed E-state index contributed by atoms with van der Waals surface area (Å²) in [6.45, 7) is 1.95. The summed E-state index contributed by atoms with van der Waals surface area (Å²) >= 11 is 11.8. The first-order chi connectivity index (χ1) is 10.1. The zero-order chi connectivity index (χ0) is 14.8. The van der Waals surface area contributed by atoms with Gasteiger partial charge in [-0.05, 0) is 42.3 Å². The molecule has 0 saturated carbocycles. The molecule has 0 unspecified atom stereocenters. The second-order valence-electron chi connectivity index (χ2n) is 4.48. The summed E-state index contributed by atoms with van der Waals surface area (Å²) < 4.78 is 11.2. The van der Waals surface area contributed by atoms with Crippen molar-refractivity contribution in [3.63, 3.8) is 0 Å². The molecule has 2 aromatic carbocycles. The summed E-state index contributed by atoms with van der Waals surface area (Å²) in [7, 11) is 0. The zero-order valence-corrected chi connectivity index (χ0v) is 12.7. The molecule has 0 atom stereocenters. The van der Waals surface area contributed by atoms with Gasteiger partial charge in [0.15, 0.2) is 5.69 Å². The molecular weight excluding hydrogens is 309 g/mol. The van der Waals surface area contributed by atoms with Crippen molar-refractivity contribution in [2.24, 2.45) is 0 Å². The van der Waals surface area contributed by atoms with Crippen LogP contribution in [0, 0.1) is 6.92 Å². The van der Waals surface area contributed by atoms with Crippen molar-refractivity contribution in [3.8, 4) is 23.0 Å². The number of hydrogen-bond acceptors (Lipinski definition) is 3. The highest BCUT2D eigenvalue weighted by atomic mass is 35.5. The van der Waals surface area contributed by atoms with Crippen molar-refractivity contribution in [2.75, 3.05) is 0 Å². The van der Waals surface area contributed by atoms with Gasteiger partial charge in [-0.2, -0.15) is 4.98 Å². The first-order valence-electron chi connectivity index (χ1n) is 6.29. The average Bonchev–Trinajstić information content (AvgIpc) is 2.83. The van der Waals surface area contributed by atoms with Crippen molar-refractivity contribution in [1.82, 2.24) is 4.98 Å². The fraction of sp³-hybridized carbons (Fsp3) is 0.0625. The normalized spacial score (nSPS) is 10.6. The van der Waals surface area contributed by atoms with E-state index in [0.29, 0.717) is 16.5 Å². The van der Waals surface area contributed by atoms with Gasteiger partial charge in [-0.1, -0.05) is 41.9 Å². The first kappa shape index (κ1) is 14.0. The molecule has 0 N–H and O–H groups in total. The molecule has 0 aliphatic carbocycles. The average molecular weight is 320 g/mol. The molecule has 3 rings (SSSR count). The van der Waals surface area contributed by atoms with Crippen LogP contribution in [0.15, 0.2) is 52.9 Å². The standard InChI is InChI=1S/C16H11Cl2NO2/c1-10-4-2-3-5-13(10)20-15-14(19-16(18)21-15)11-6-8-12(17)9-7-11/h2-9H,1H3. The fourth-order valence-electron chi connectivity index (χ4n) is 1.91. The SMILES string of the molecule is Cc1ccccc1Oc1oc(Cl)nc1-c1ccc(Cl)cc1. The monoisotopic (exact) mass is 319 g/mol. The van der Waals surface area contributed by atoms with Gasteiger partial charge in [-0.3, -0.25) is 0 Å². The molecule has 0 bridgehead atoms. The zero-order valence-electron chi connectivity index (χ0n) is 11.1. The minimum atomic E-state index is 0.0311. The predicted molar refractivity (Wildman–Crippen MR) is 83.2 cm³/mol. The van der Waals surface area contributed by atoms with E-state index in [4.69, 9.17) is 32.4 Å². The smallest absolute Gasteiger partial charge is 0.320 e. The van der Waals surface area contributed by atoms with E-state index < -0.39 is 0 Å². The Morgan fingerprint density at radius 3 is 2.43 bits per heavy atom. The third-order valence-electron chi connectivity index (χ3n) is 2.98. The van der Waals surface area contributed by atoms with Crippen LogP contribution >= 0.6 is 23.2 Å². The van der Waals surface area contributed by atoms with Crippen molar-refractivity contribution in [3.05, 3.63) is 64.5 Å². The van der Waals surface area contributed by atoms with E-state index in [1.54, 1.807) is 12.1 Å². The Balaban J connectivity index is 2.00. The van der Waals surface area contributed by atoms with Crippen LogP contribution in [0.5, 0.6) is 11.7 Å². The van der Waals surface area contributed by atoms with E-state index in [2.05, 4.69) is 4.98 Å². The molecule has 0 spiro atoms. The molecular formula is C16H11Cl2NO2. The number of halogens is 2. The van der Waals surface area contributed by atoms with Crippen LogP contribution in [-0.4, -0.2) is 4.98 Å². The number of rotatable bonds is 3. The number of hydrogen-bond donors (Lipinski definition) is 0. The maximum absolute atomic E-state index is 5.89. The number of aryl methyl sites for hydroxylation is 1. The molecule has 0 saturated heterocycles.